The number of alkyl halides is 1. The second kappa shape index (κ2) is 4.39. The van der Waals surface area contributed by atoms with Crippen LogP contribution in [0.4, 0.5) is 0 Å². The highest BCUT2D eigenvalue weighted by Gasteiger charge is 2.11. The minimum atomic E-state index is -3.69. The van der Waals surface area contributed by atoms with Crippen LogP contribution in [0.3, 0.4) is 0 Å². The predicted octanol–water partition coefficient (Wildman–Crippen LogP) is 0.762. The zero-order valence-electron chi connectivity index (χ0n) is 7.22. The zero-order valence-corrected chi connectivity index (χ0v) is 9.62. The Labute approximate surface area is 90.9 Å². The maximum absolute atomic E-state index is 11.0. The third-order valence-corrected chi connectivity index (χ3v) is 3.24. The molecule has 0 aromatic heterocycles. The smallest absolute Gasteiger partial charge is 0.238 e. The fraction of sp³-hybridized carbons (Fsp3) is 0.250. The third-order valence-electron chi connectivity index (χ3n) is 1.72. The molecule has 0 fully saturated rings. The van der Waals surface area contributed by atoms with Crippen LogP contribution in [-0.2, 0) is 10.0 Å². The first-order valence-corrected chi connectivity index (χ1v) is 6.48. The van der Waals surface area contributed by atoms with Gasteiger partial charge in [0.25, 0.3) is 0 Å². The van der Waals surface area contributed by atoms with E-state index in [-0.39, 0.29) is 4.90 Å². The topological polar surface area (TPSA) is 80.4 Å². The van der Waals surface area contributed by atoms with Crippen molar-refractivity contribution in [3.8, 4) is 0 Å². The Kier molecular flexibility index (Phi) is 3.65. The molecule has 1 unspecified atom stereocenters. The largest absolute Gasteiger partial charge is 0.388 e. The van der Waals surface area contributed by atoms with Crippen LogP contribution in [0, 0.1) is 0 Å². The summed E-state index contributed by atoms with van der Waals surface area (Å²) >= 11 is 3.10. The van der Waals surface area contributed by atoms with Crippen molar-refractivity contribution in [1.29, 1.82) is 0 Å². The van der Waals surface area contributed by atoms with Crippen LogP contribution in [0.2, 0.25) is 0 Å². The number of hydrogen-bond acceptors (Lipinski definition) is 3. The molecule has 0 aliphatic rings. The molecule has 0 radical (unpaired) electrons. The summed E-state index contributed by atoms with van der Waals surface area (Å²) in [5.74, 6) is 0. The van der Waals surface area contributed by atoms with Gasteiger partial charge in [0.1, 0.15) is 0 Å². The highest BCUT2D eigenvalue weighted by atomic mass is 79.9. The molecule has 14 heavy (non-hydrogen) atoms. The molecule has 4 nitrogen and oxygen atoms in total. The van der Waals surface area contributed by atoms with Crippen LogP contribution >= 0.6 is 15.9 Å². The Morgan fingerprint density at radius 2 is 2.14 bits per heavy atom. The summed E-state index contributed by atoms with van der Waals surface area (Å²) in [7, 11) is -3.69. The van der Waals surface area contributed by atoms with Gasteiger partial charge < -0.3 is 5.11 Å². The summed E-state index contributed by atoms with van der Waals surface area (Å²) in [6, 6.07) is 5.93. The quantitative estimate of drug-likeness (QED) is 0.802. The molecular formula is C8H10BrNO3S. The van der Waals surface area contributed by atoms with E-state index in [4.69, 9.17) is 5.14 Å². The minimum Gasteiger partial charge on any atom is -0.388 e. The number of benzene rings is 1. The molecular weight excluding hydrogens is 270 g/mol. The van der Waals surface area contributed by atoms with Gasteiger partial charge in [-0.1, -0.05) is 28.1 Å². The molecule has 0 saturated heterocycles. The number of aliphatic hydroxyl groups excluding tert-OH is 1. The van der Waals surface area contributed by atoms with Crippen LogP contribution in [-0.4, -0.2) is 18.9 Å². The number of nitrogens with two attached hydrogens (primary N) is 1. The van der Waals surface area contributed by atoms with E-state index in [0.29, 0.717) is 10.9 Å². The van der Waals surface area contributed by atoms with Crippen molar-refractivity contribution in [2.45, 2.75) is 11.0 Å². The number of halogens is 1. The zero-order chi connectivity index (χ0) is 10.8. The Balaban J connectivity index is 3.14. The molecule has 0 heterocycles. The van der Waals surface area contributed by atoms with Crippen molar-refractivity contribution in [2.24, 2.45) is 5.14 Å². The lowest BCUT2D eigenvalue weighted by Crippen LogP contribution is -2.12. The second-order valence-electron chi connectivity index (χ2n) is 2.79. The van der Waals surface area contributed by atoms with Crippen molar-refractivity contribution < 1.29 is 13.5 Å². The molecule has 0 amide bonds. The van der Waals surface area contributed by atoms with Crippen LogP contribution in [0.15, 0.2) is 29.2 Å². The molecule has 6 heteroatoms. The van der Waals surface area contributed by atoms with Crippen molar-refractivity contribution >= 4 is 26.0 Å². The lowest BCUT2D eigenvalue weighted by molar-refractivity contribution is 0.205. The average Bonchev–Trinajstić information content (AvgIpc) is 2.15. The van der Waals surface area contributed by atoms with Gasteiger partial charge in [0.05, 0.1) is 11.0 Å². The minimum absolute atomic E-state index is 0.00926. The summed E-state index contributed by atoms with van der Waals surface area (Å²) in [4.78, 5) is 0.00926. The molecule has 78 valence electrons. The van der Waals surface area contributed by atoms with Gasteiger partial charge >= 0.3 is 0 Å². The fourth-order valence-electron chi connectivity index (χ4n) is 0.988. The monoisotopic (exact) mass is 279 g/mol. The van der Waals surface area contributed by atoms with Crippen molar-refractivity contribution in [3.63, 3.8) is 0 Å². The lowest BCUT2D eigenvalue weighted by atomic mass is 10.1. The predicted molar refractivity (Wildman–Crippen MR) is 56.6 cm³/mol. The van der Waals surface area contributed by atoms with Crippen LogP contribution < -0.4 is 5.14 Å². The van der Waals surface area contributed by atoms with Gasteiger partial charge in [0.2, 0.25) is 10.0 Å². The highest BCUT2D eigenvalue weighted by Crippen LogP contribution is 2.18. The number of rotatable bonds is 3. The first-order valence-electron chi connectivity index (χ1n) is 3.82. The van der Waals surface area contributed by atoms with E-state index in [2.05, 4.69) is 15.9 Å². The van der Waals surface area contributed by atoms with Crippen LogP contribution in [0.1, 0.15) is 11.7 Å². The normalized spacial score (nSPS) is 13.9. The lowest BCUT2D eigenvalue weighted by Gasteiger charge is -2.07. The summed E-state index contributed by atoms with van der Waals surface area (Å²) in [5.41, 5.74) is 0.522. The van der Waals surface area contributed by atoms with Crippen LogP contribution in [0.5, 0.6) is 0 Å². The number of primary sulfonamides is 1. The Hall–Kier alpha value is -0.430. The summed E-state index contributed by atoms with van der Waals surface area (Å²) in [6.07, 6.45) is -0.725. The van der Waals surface area contributed by atoms with E-state index in [1.807, 2.05) is 0 Å². The van der Waals surface area contributed by atoms with E-state index in [1.165, 1.54) is 12.1 Å². The number of sulfonamides is 1. The van der Waals surface area contributed by atoms with E-state index in [9.17, 15) is 13.5 Å². The van der Waals surface area contributed by atoms with Gasteiger partial charge in [-0.3, -0.25) is 0 Å². The van der Waals surface area contributed by atoms with E-state index < -0.39 is 16.1 Å². The van der Waals surface area contributed by atoms with Crippen LogP contribution in [0.25, 0.3) is 0 Å². The highest BCUT2D eigenvalue weighted by molar-refractivity contribution is 9.09. The maximum Gasteiger partial charge on any atom is 0.238 e. The number of aliphatic hydroxyl groups is 1. The molecule has 1 aromatic rings. The molecule has 0 spiro atoms. The maximum atomic E-state index is 11.0. The SMILES string of the molecule is NS(=O)(=O)c1cccc(C(O)CBr)c1. The number of hydrogen-bond donors (Lipinski definition) is 2. The summed E-state index contributed by atoms with van der Waals surface area (Å²) < 4.78 is 22.0. The molecule has 0 aliphatic heterocycles. The average molecular weight is 280 g/mol. The Bertz CT molecular complexity index is 418. The van der Waals surface area contributed by atoms with E-state index in [0.717, 1.165) is 0 Å². The molecule has 1 aromatic carbocycles. The van der Waals surface area contributed by atoms with E-state index >= 15 is 0 Å². The molecule has 1 rings (SSSR count). The first-order chi connectivity index (χ1) is 6.45. The third kappa shape index (κ3) is 2.78. The van der Waals surface area contributed by atoms with Gasteiger partial charge in [-0.2, -0.15) is 0 Å². The molecule has 0 saturated carbocycles. The van der Waals surface area contributed by atoms with Gasteiger partial charge in [0, 0.05) is 5.33 Å². The first kappa shape index (κ1) is 11.6. The van der Waals surface area contributed by atoms with Crippen molar-refractivity contribution in [3.05, 3.63) is 29.8 Å². The standard InChI is InChI=1S/C8H10BrNO3S/c9-5-8(11)6-2-1-3-7(4-6)14(10,12)13/h1-4,8,11H,5H2,(H2,10,12,13). The van der Waals surface area contributed by atoms with E-state index in [1.54, 1.807) is 12.1 Å². The van der Waals surface area contributed by atoms with Gasteiger partial charge in [-0.05, 0) is 17.7 Å². The Morgan fingerprint density at radius 1 is 1.50 bits per heavy atom. The molecule has 1 atom stereocenters. The second-order valence-corrected chi connectivity index (χ2v) is 5.00. The van der Waals surface area contributed by atoms with Gasteiger partial charge in [0.15, 0.2) is 0 Å². The summed E-state index contributed by atoms with van der Waals surface area (Å²) in [6.45, 7) is 0. The van der Waals surface area contributed by atoms with Gasteiger partial charge in [-0.15, -0.1) is 0 Å². The molecule has 3 N–H and O–H groups in total. The molecule has 0 bridgehead atoms. The fourth-order valence-corrected chi connectivity index (χ4v) is 1.93. The molecule has 0 aliphatic carbocycles. The van der Waals surface area contributed by atoms with Crippen molar-refractivity contribution in [2.75, 3.05) is 5.33 Å². The van der Waals surface area contributed by atoms with Crippen molar-refractivity contribution in [1.82, 2.24) is 0 Å². The van der Waals surface area contributed by atoms with Gasteiger partial charge in [-0.25, -0.2) is 13.6 Å². The Morgan fingerprint density at radius 3 is 2.64 bits per heavy atom. The summed E-state index contributed by atoms with van der Waals surface area (Å²) in [5, 5.41) is 14.7.